The molecule has 0 aliphatic carbocycles. The van der Waals surface area contributed by atoms with Crippen LogP contribution in [0.25, 0.3) is 0 Å². The molecule has 0 rings (SSSR count). The van der Waals surface area contributed by atoms with Gasteiger partial charge in [0.2, 0.25) is 0 Å². The number of alkyl halides is 5. The Bertz CT molecular complexity index is 122. The molecule has 0 saturated carbocycles. The molecule has 0 bridgehead atoms. The van der Waals surface area contributed by atoms with Gasteiger partial charge in [-0.05, 0) is 6.92 Å². The monoisotopic (exact) mass is 196 g/mol. The summed E-state index contributed by atoms with van der Waals surface area (Å²) in [5.74, 6) is -8.92. The molecule has 11 heavy (non-hydrogen) atoms. The van der Waals surface area contributed by atoms with Gasteiger partial charge in [-0.3, -0.25) is 0 Å². The van der Waals surface area contributed by atoms with E-state index >= 15 is 0 Å². The summed E-state index contributed by atoms with van der Waals surface area (Å²) < 4.78 is 61.5. The van der Waals surface area contributed by atoms with Gasteiger partial charge in [-0.2, -0.15) is 22.0 Å². The maximum absolute atomic E-state index is 12.0. The minimum absolute atomic E-state index is 0.434. The molecular weight excluding hydrogens is 190 g/mol. The summed E-state index contributed by atoms with van der Waals surface area (Å²) >= 11 is 0. The smallest absolute Gasteiger partial charge is 0.317 e. The number of hydrogen-bond donors (Lipinski definition) is 0. The van der Waals surface area contributed by atoms with Gasteiger partial charge in [0.25, 0.3) is 0 Å². The van der Waals surface area contributed by atoms with Crippen molar-refractivity contribution in [2.45, 2.75) is 18.7 Å². The summed E-state index contributed by atoms with van der Waals surface area (Å²) in [6.45, 7) is 0.769. The first-order chi connectivity index (χ1) is 4.77. The second kappa shape index (κ2) is 3.63. The van der Waals surface area contributed by atoms with Gasteiger partial charge in [-0.15, -0.1) is 0 Å². The van der Waals surface area contributed by atoms with Crippen molar-refractivity contribution in [1.82, 2.24) is 0 Å². The average Bonchev–Trinajstić information content (AvgIpc) is 1.55. The van der Waals surface area contributed by atoms with Crippen molar-refractivity contribution in [2.75, 3.05) is 6.61 Å². The summed E-state index contributed by atoms with van der Waals surface area (Å²) in [5.41, 5.74) is 0. The normalized spacial score (nSPS) is 14.7. The quantitative estimate of drug-likeness (QED) is 0.498. The minimum Gasteiger partial charge on any atom is -0.317 e. The molecule has 1 nitrogen and oxygen atoms in total. The molecule has 0 spiro atoms. The molecule has 0 fully saturated rings. The third kappa shape index (κ3) is 6.44. The van der Waals surface area contributed by atoms with Crippen molar-refractivity contribution in [2.24, 2.45) is 0 Å². The van der Waals surface area contributed by atoms with E-state index in [0.717, 1.165) is 0 Å². The Morgan fingerprint density at radius 3 is 1.91 bits per heavy atom. The molecule has 0 N–H and O–H groups in total. The van der Waals surface area contributed by atoms with Crippen molar-refractivity contribution in [3.63, 3.8) is 0 Å². The first-order valence-corrected chi connectivity index (χ1v) is 3.64. The zero-order chi connectivity index (χ0) is 9.12. The summed E-state index contributed by atoms with van der Waals surface area (Å²) in [7, 11) is -2.48. The van der Waals surface area contributed by atoms with E-state index in [1.54, 1.807) is 0 Å². The SMILES string of the molecule is CCOC(F)(F)PC(F)(F)F. The largest absolute Gasteiger partial charge is 0.410 e. The highest BCUT2D eigenvalue weighted by molar-refractivity contribution is 7.40. The predicted molar refractivity (Wildman–Crippen MR) is 30.9 cm³/mol. The van der Waals surface area contributed by atoms with E-state index in [1.807, 2.05) is 0 Å². The van der Waals surface area contributed by atoms with Crippen LogP contribution in [0.3, 0.4) is 0 Å². The Balaban J connectivity index is 3.91. The molecule has 0 heterocycles. The van der Waals surface area contributed by atoms with Crippen molar-refractivity contribution >= 4 is 8.58 Å². The Morgan fingerprint density at radius 2 is 1.64 bits per heavy atom. The van der Waals surface area contributed by atoms with Crippen LogP contribution >= 0.6 is 8.58 Å². The van der Waals surface area contributed by atoms with E-state index in [1.165, 1.54) is 6.92 Å². The van der Waals surface area contributed by atoms with E-state index in [2.05, 4.69) is 4.74 Å². The molecule has 1 unspecified atom stereocenters. The van der Waals surface area contributed by atoms with E-state index < -0.39 is 27.0 Å². The first-order valence-electron chi connectivity index (χ1n) is 2.64. The lowest BCUT2D eigenvalue weighted by molar-refractivity contribution is -0.171. The fourth-order valence-electron chi connectivity index (χ4n) is 0.382. The number of halogens is 5. The molecular formula is C4H6F5OP. The van der Waals surface area contributed by atoms with Gasteiger partial charge >= 0.3 is 11.8 Å². The van der Waals surface area contributed by atoms with Gasteiger partial charge in [0, 0.05) is 0 Å². The van der Waals surface area contributed by atoms with Crippen LogP contribution in [-0.4, -0.2) is 18.4 Å². The van der Waals surface area contributed by atoms with Gasteiger partial charge in [0.1, 0.15) is 0 Å². The van der Waals surface area contributed by atoms with Crippen LogP contribution < -0.4 is 0 Å². The van der Waals surface area contributed by atoms with Crippen LogP contribution in [0.15, 0.2) is 0 Å². The highest BCUT2D eigenvalue weighted by Crippen LogP contribution is 2.49. The van der Waals surface area contributed by atoms with Crippen molar-refractivity contribution in [3.05, 3.63) is 0 Å². The number of rotatable bonds is 3. The van der Waals surface area contributed by atoms with Crippen molar-refractivity contribution < 1.29 is 26.7 Å². The lowest BCUT2D eigenvalue weighted by Gasteiger charge is -2.16. The average molecular weight is 196 g/mol. The molecule has 68 valence electrons. The zero-order valence-corrected chi connectivity index (χ0v) is 6.51. The third-order valence-electron chi connectivity index (χ3n) is 0.613. The molecule has 0 aliphatic heterocycles. The summed E-state index contributed by atoms with van der Waals surface area (Å²) in [6.07, 6.45) is 0. The van der Waals surface area contributed by atoms with E-state index in [4.69, 9.17) is 0 Å². The maximum atomic E-state index is 12.0. The Kier molecular flexibility index (Phi) is 3.64. The van der Waals surface area contributed by atoms with Crippen LogP contribution in [-0.2, 0) is 4.74 Å². The van der Waals surface area contributed by atoms with Crippen molar-refractivity contribution in [1.29, 1.82) is 0 Å². The Hall–Kier alpha value is 0.0400. The molecule has 0 amide bonds. The first kappa shape index (κ1) is 11.0. The molecule has 0 saturated heterocycles. The van der Waals surface area contributed by atoms with E-state index in [9.17, 15) is 22.0 Å². The highest BCUT2D eigenvalue weighted by atomic mass is 31.1. The second-order valence-corrected chi connectivity index (χ2v) is 2.97. The molecule has 0 radical (unpaired) electrons. The summed E-state index contributed by atoms with van der Waals surface area (Å²) in [6, 6.07) is 0. The molecule has 1 atom stereocenters. The van der Waals surface area contributed by atoms with Crippen LogP contribution in [0.5, 0.6) is 0 Å². The topological polar surface area (TPSA) is 9.23 Å². The van der Waals surface area contributed by atoms with Gasteiger partial charge in [0.15, 0.2) is 0 Å². The van der Waals surface area contributed by atoms with Crippen LogP contribution in [0.2, 0.25) is 0 Å². The summed E-state index contributed by atoms with van der Waals surface area (Å²) in [5, 5.41) is 0. The Morgan fingerprint density at radius 1 is 1.18 bits per heavy atom. The van der Waals surface area contributed by atoms with Crippen LogP contribution in [0.1, 0.15) is 6.92 Å². The zero-order valence-electron chi connectivity index (χ0n) is 5.51. The fourth-order valence-corrected chi connectivity index (χ4v) is 0.929. The number of ether oxygens (including phenoxy) is 1. The molecule has 0 aliphatic rings. The van der Waals surface area contributed by atoms with E-state index in [-0.39, 0.29) is 0 Å². The molecule has 0 aromatic carbocycles. The number of hydrogen-bond acceptors (Lipinski definition) is 1. The van der Waals surface area contributed by atoms with Gasteiger partial charge in [0.05, 0.1) is 15.2 Å². The fraction of sp³-hybridized carbons (Fsp3) is 1.00. The lowest BCUT2D eigenvalue weighted by atomic mass is 10.9. The Labute approximate surface area is 61.7 Å². The van der Waals surface area contributed by atoms with Gasteiger partial charge < -0.3 is 4.74 Å². The highest BCUT2D eigenvalue weighted by Gasteiger charge is 2.44. The summed E-state index contributed by atoms with van der Waals surface area (Å²) in [4.78, 5) is 0. The molecule has 0 aromatic rings. The van der Waals surface area contributed by atoms with Gasteiger partial charge in [-0.1, -0.05) is 0 Å². The third-order valence-corrected chi connectivity index (χ3v) is 1.33. The lowest BCUT2D eigenvalue weighted by Crippen LogP contribution is -2.19. The second-order valence-electron chi connectivity index (χ2n) is 1.57. The maximum Gasteiger partial charge on any atom is 0.410 e. The standard InChI is InChI=1S/C4H6F5OP/c1-2-10-4(8,9)11-3(5,6)7/h11H,2H2,1H3. The van der Waals surface area contributed by atoms with Gasteiger partial charge in [-0.25, -0.2) is 0 Å². The minimum atomic E-state index is -4.86. The van der Waals surface area contributed by atoms with Crippen LogP contribution in [0.4, 0.5) is 22.0 Å². The predicted octanol–water partition coefficient (Wildman–Crippen LogP) is 2.77. The van der Waals surface area contributed by atoms with E-state index in [0.29, 0.717) is 0 Å². The van der Waals surface area contributed by atoms with Crippen LogP contribution in [0, 0.1) is 0 Å². The molecule has 7 heteroatoms. The molecule has 0 aromatic heterocycles. The van der Waals surface area contributed by atoms with Crippen molar-refractivity contribution in [3.8, 4) is 0 Å².